The first kappa shape index (κ1) is 17.1. The number of rotatable bonds is 2. The molecule has 0 unspecified atom stereocenters. The van der Waals surface area contributed by atoms with Gasteiger partial charge in [0.25, 0.3) is 0 Å². The Balaban J connectivity index is 3.10. The number of allylic oxidation sites excluding steroid dienone is 2. The molecular weight excluding hydrogens is 264 g/mol. The minimum absolute atomic E-state index is 0.875. The summed E-state index contributed by atoms with van der Waals surface area (Å²) >= 11 is 0. The largest absolute Gasteiger partial charge is 0.349 e. The molecule has 0 fully saturated rings. The van der Waals surface area contributed by atoms with Crippen LogP contribution in [-0.4, -0.2) is 87.9 Å². The lowest BCUT2D eigenvalue weighted by molar-refractivity contribution is 0.481. The molecule has 0 saturated heterocycles. The van der Waals surface area contributed by atoms with Crippen molar-refractivity contribution in [1.82, 2.24) is 19.6 Å². The second-order valence-electron chi connectivity index (χ2n) is 5.82. The van der Waals surface area contributed by atoms with Crippen LogP contribution < -0.4 is 0 Å². The van der Waals surface area contributed by atoms with E-state index in [-0.39, 0.29) is 0 Å². The fourth-order valence-electron chi connectivity index (χ4n) is 2.11. The molecule has 0 saturated carbocycles. The summed E-state index contributed by atoms with van der Waals surface area (Å²) in [5, 5.41) is 0. The highest BCUT2D eigenvalue weighted by molar-refractivity contribution is 5.82. The predicted octanol–water partition coefficient (Wildman–Crippen LogP) is 1.12. The minimum Gasteiger partial charge on any atom is -0.349 e. The maximum Gasteiger partial charge on any atom is 0.200 e. The molecule has 0 aromatic rings. The highest BCUT2D eigenvalue weighted by Crippen LogP contribution is 2.22. The van der Waals surface area contributed by atoms with Crippen molar-refractivity contribution >= 4 is 11.9 Å². The highest BCUT2D eigenvalue weighted by atomic mass is 15.3. The van der Waals surface area contributed by atoms with Crippen LogP contribution in [-0.2, 0) is 0 Å². The van der Waals surface area contributed by atoms with Gasteiger partial charge in [-0.05, 0) is 6.42 Å². The summed E-state index contributed by atoms with van der Waals surface area (Å²) in [7, 11) is 15.9. The van der Waals surface area contributed by atoms with Crippen LogP contribution in [0.15, 0.2) is 33.5 Å². The molecule has 21 heavy (non-hydrogen) atoms. The summed E-state index contributed by atoms with van der Waals surface area (Å²) in [6, 6.07) is 0. The Hall–Kier alpha value is -1.98. The monoisotopic (exact) mass is 292 g/mol. The van der Waals surface area contributed by atoms with Crippen LogP contribution in [0.5, 0.6) is 0 Å². The van der Waals surface area contributed by atoms with Crippen molar-refractivity contribution < 1.29 is 0 Å². The lowest BCUT2D eigenvalue weighted by atomic mass is 10.4. The Morgan fingerprint density at radius 3 is 1.19 bits per heavy atom. The van der Waals surface area contributed by atoms with Gasteiger partial charge in [0.15, 0.2) is 0 Å². The fraction of sp³-hybridized carbons (Fsp3) is 0.600. The first-order valence-electron chi connectivity index (χ1n) is 7.01. The van der Waals surface area contributed by atoms with Gasteiger partial charge in [0.1, 0.15) is 0 Å². The molecule has 0 radical (unpaired) electrons. The molecule has 0 amide bonds. The predicted molar refractivity (Wildman–Crippen MR) is 90.4 cm³/mol. The molecule has 0 spiro atoms. The highest BCUT2D eigenvalue weighted by Gasteiger charge is 2.15. The van der Waals surface area contributed by atoms with Crippen molar-refractivity contribution in [3.05, 3.63) is 23.5 Å². The van der Waals surface area contributed by atoms with Gasteiger partial charge in [0.2, 0.25) is 11.9 Å². The Morgan fingerprint density at radius 2 is 0.952 bits per heavy atom. The summed E-state index contributed by atoms with van der Waals surface area (Å²) < 4.78 is 0. The molecule has 0 aromatic heterocycles. The average Bonchev–Trinajstić information content (AvgIpc) is 2.78. The van der Waals surface area contributed by atoms with E-state index in [1.807, 2.05) is 76.0 Å². The van der Waals surface area contributed by atoms with Crippen molar-refractivity contribution in [3.63, 3.8) is 0 Å². The molecule has 1 rings (SSSR count). The second kappa shape index (κ2) is 7.15. The molecule has 6 heteroatoms. The van der Waals surface area contributed by atoms with Crippen LogP contribution >= 0.6 is 0 Å². The fourth-order valence-corrected chi connectivity index (χ4v) is 2.11. The lowest BCUT2D eigenvalue weighted by Gasteiger charge is -2.24. The molecule has 0 bridgehead atoms. The molecule has 0 heterocycles. The van der Waals surface area contributed by atoms with Gasteiger partial charge < -0.3 is 19.6 Å². The first-order chi connectivity index (χ1) is 9.73. The van der Waals surface area contributed by atoms with Gasteiger partial charge in [-0.15, -0.1) is 0 Å². The minimum atomic E-state index is 0.875. The maximum absolute atomic E-state index is 4.74. The molecule has 1 aliphatic carbocycles. The summed E-state index contributed by atoms with van der Waals surface area (Å²) in [6.45, 7) is 0. The van der Waals surface area contributed by atoms with E-state index in [9.17, 15) is 0 Å². The number of hydrogen-bond acceptors (Lipinski definition) is 2. The summed E-state index contributed by atoms with van der Waals surface area (Å²) in [6.07, 6.45) is 5.09. The van der Waals surface area contributed by atoms with Crippen molar-refractivity contribution in [1.29, 1.82) is 0 Å². The van der Waals surface area contributed by atoms with Gasteiger partial charge in [-0.3, -0.25) is 0 Å². The number of aliphatic imine (C=N–C) groups is 2. The third kappa shape index (κ3) is 4.51. The topological polar surface area (TPSA) is 37.7 Å². The van der Waals surface area contributed by atoms with Gasteiger partial charge in [-0.2, -0.15) is 0 Å². The van der Waals surface area contributed by atoms with Crippen LogP contribution in [0.25, 0.3) is 0 Å². The van der Waals surface area contributed by atoms with Crippen molar-refractivity contribution in [3.8, 4) is 0 Å². The van der Waals surface area contributed by atoms with Crippen LogP contribution in [0.3, 0.4) is 0 Å². The van der Waals surface area contributed by atoms with Crippen LogP contribution in [0.4, 0.5) is 0 Å². The Kier molecular flexibility index (Phi) is 5.81. The maximum atomic E-state index is 4.74. The Bertz CT molecular complexity index is 416. The zero-order chi connectivity index (χ0) is 16.2. The van der Waals surface area contributed by atoms with Gasteiger partial charge in [-0.1, -0.05) is 12.2 Å². The van der Waals surface area contributed by atoms with E-state index in [4.69, 9.17) is 9.98 Å². The SMILES string of the molecule is CN(C)C(=NC1=CCC=C1N=C(N(C)C)N(C)C)N(C)C. The molecule has 0 aliphatic heterocycles. The standard InChI is InChI=1S/C15H28N6/c1-18(2)14(19(3)4)16-12-10-9-11-13(12)17-15(20(5)6)21(7)8/h10-11H,9H2,1-8H3. The molecule has 0 aromatic carbocycles. The molecule has 1 aliphatic rings. The summed E-state index contributed by atoms with van der Waals surface area (Å²) in [4.78, 5) is 17.5. The Labute approximate surface area is 128 Å². The van der Waals surface area contributed by atoms with Gasteiger partial charge in [-0.25, -0.2) is 9.98 Å². The van der Waals surface area contributed by atoms with Crippen molar-refractivity contribution in [2.24, 2.45) is 9.98 Å². The van der Waals surface area contributed by atoms with E-state index in [0.717, 1.165) is 29.7 Å². The zero-order valence-electron chi connectivity index (χ0n) is 14.5. The molecule has 118 valence electrons. The Morgan fingerprint density at radius 1 is 0.667 bits per heavy atom. The third-order valence-corrected chi connectivity index (χ3v) is 2.93. The van der Waals surface area contributed by atoms with Crippen LogP contribution in [0.2, 0.25) is 0 Å². The zero-order valence-corrected chi connectivity index (χ0v) is 14.5. The third-order valence-electron chi connectivity index (χ3n) is 2.93. The molecule has 0 N–H and O–H groups in total. The smallest absolute Gasteiger partial charge is 0.200 e. The number of guanidine groups is 2. The average molecular weight is 292 g/mol. The van der Waals surface area contributed by atoms with E-state index in [1.54, 1.807) is 0 Å². The van der Waals surface area contributed by atoms with Gasteiger partial charge in [0.05, 0.1) is 11.4 Å². The van der Waals surface area contributed by atoms with Gasteiger partial charge in [0, 0.05) is 56.4 Å². The second-order valence-corrected chi connectivity index (χ2v) is 5.82. The summed E-state index contributed by atoms with van der Waals surface area (Å²) in [5.74, 6) is 1.81. The number of hydrogen-bond donors (Lipinski definition) is 0. The first-order valence-corrected chi connectivity index (χ1v) is 7.01. The quantitative estimate of drug-likeness (QED) is 0.564. The van der Waals surface area contributed by atoms with E-state index in [0.29, 0.717) is 0 Å². The van der Waals surface area contributed by atoms with E-state index in [2.05, 4.69) is 12.2 Å². The van der Waals surface area contributed by atoms with E-state index >= 15 is 0 Å². The normalized spacial score (nSPS) is 13.1. The summed E-state index contributed by atoms with van der Waals surface area (Å²) in [5.41, 5.74) is 1.85. The van der Waals surface area contributed by atoms with Crippen LogP contribution in [0, 0.1) is 0 Å². The molecular formula is C15H28N6. The van der Waals surface area contributed by atoms with E-state index in [1.165, 1.54) is 0 Å². The van der Waals surface area contributed by atoms with E-state index < -0.39 is 0 Å². The lowest BCUT2D eigenvalue weighted by Crippen LogP contribution is -2.36. The molecule has 6 nitrogen and oxygen atoms in total. The van der Waals surface area contributed by atoms with Crippen molar-refractivity contribution in [2.75, 3.05) is 56.4 Å². The van der Waals surface area contributed by atoms with Crippen LogP contribution in [0.1, 0.15) is 6.42 Å². The number of nitrogens with zero attached hydrogens (tertiary/aromatic N) is 6. The van der Waals surface area contributed by atoms with Gasteiger partial charge >= 0.3 is 0 Å². The van der Waals surface area contributed by atoms with Crippen molar-refractivity contribution in [2.45, 2.75) is 6.42 Å². The molecule has 0 atom stereocenters.